The third-order valence-corrected chi connectivity index (χ3v) is 5.86. The van der Waals surface area contributed by atoms with Crippen molar-refractivity contribution in [2.45, 2.75) is 18.8 Å². The number of likely N-dealkylation sites (N-methyl/N-ethyl adjacent to an activating group) is 1. The Morgan fingerprint density at radius 2 is 1.69 bits per heavy atom. The lowest BCUT2D eigenvalue weighted by atomic mass is 9.72. The van der Waals surface area contributed by atoms with Crippen molar-refractivity contribution in [2.24, 2.45) is 0 Å². The number of nitrogens with zero attached hydrogens (tertiary/aromatic N) is 2. The van der Waals surface area contributed by atoms with Crippen LogP contribution in [0.2, 0.25) is 0 Å². The summed E-state index contributed by atoms with van der Waals surface area (Å²) < 4.78 is 0. The zero-order chi connectivity index (χ0) is 18.0. The lowest BCUT2D eigenvalue weighted by Gasteiger charge is -2.34. The summed E-state index contributed by atoms with van der Waals surface area (Å²) in [6, 6.07) is 18.7. The molecule has 1 saturated heterocycles. The van der Waals surface area contributed by atoms with Crippen LogP contribution in [-0.2, 0) is 10.2 Å². The van der Waals surface area contributed by atoms with Gasteiger partial charge in [-0.25, -0.2) is 0 Å². The zero-order valence-corrected chi connectivity index (χ0v) is 15.4. The minimum absolute atomic E-state index is 0.225. The van der Waals surface area contributed by atoms with E-state index in [-0.39, 0.29) is 5.91 Å². The molecule has 0 saturated carbocycles. The molecular weight excluding hydrogens is 322 g/mol. The number of fused-ring (bicyclic) bond motifs is 1. The molecule has 136 valence electrons. The first kappa shape index (κ1) is 17.3. The van der Waals surface area contributed by atoms with Gasteiger partial charge in [-0.3, -0.25) is 4.79 Å². The molecule has 26 heavy (non-hydrogen) atoms. The number of hydrogen-bond donors (Lipinski definition) is 1. The average Bonchev–Trinajstić information content (AvgIpc) is 2.96. The number of benzene rings is 2. The molecule has 1 fully saturated rings. The van der Waals surface area contributed by atoms with Crippen LogP contribution in [-0.4, -0.2) is 50.1 Å². The first-order chi connectivity index (χ1) is 12.8. The van der Waals surface area contributed by atoms with E-state index in [1.165, 1.54) is 0 Å². The molecule has 2 aromatic carbocycles. The number of carbonyl (C=O) groups excluding carboxylic acids is 1. The summed E-state index contributed by atoms with van der Waals surface area (Å²) in [7, 11) is 0. The predicted octanol–water partition coefficient (Wildman–Crippen LogP) is 2.63. The van der Waals surface area contributed by atoms with Gasteiger partial charge in [-0.15, -0.1) is 0 Å². The molecule has 4 rings (SSSR count). The lowest BCUT2D eigenvalue weighted by molar-refractivity contribution is -0.122. The molecule has 2 aliphatic heterocycles. The van der Waals surface area contributed by atoms with Crippen LogP contribution >= 0.6 is 0 Å². The third kappa shape index (κ3) is 2.74. The van der Waals surface area contributed by atoms with Crippen molar-refractivity contribution in [3.05, 3.63) is 65.7 Å². The fraction of sp³-hybridized carbons (Fsp3) is 0.409. The Morgan fingerprint density at radius 3 is 2.42 bits per heavy atom. The van der Waals surface area contributed by atoms with Crippen molar-refractivity contribution in [2.75, 3.05) is 44.2 Å². The highest BCUT2D eigenvalue weighted by molar-refractivity contribution is 6.10. The van der Waals surface area contributed by atoms with Gasteiger partial charge in [0, 0.05) is 38.4 Å². The number of rotatable bonds is 5. The van der Waals surface area contributed by atoms with Crippen molar-refractivity contribution < 1.29 is 4.79 Å². The van der Waals surface area contributed by atoms with Crippen molar-refractivity contribution in [3.63, 3.8) is 0 Å². The first-order valence-corrected chi connectivity index (χ1v) is 9.67. The molecule has 0 spiro atoms. The predicted molar refractivity (Wildman–Crippen MR) is 106 cm³/mol. The molecule has 0 radical (unpaired) electrons. The Labute approximate surface area is 155 Å². The number of hydrogen-bond acceptors (Lipinski definition) is 3. The van der Waals surface area contributed by atoms with Gasteiger partial charge in [0.05, 0.1) is 0 Å². The third-order valence-electron chi connectivity index (χ3n) is 5.86. The molecule has 0 aliphatic carbocycles. The van der Waals surface area contributed by atoms with Crippen LogP contribution in [0.15, 0.2) is 54.6 Å². The fourth-order valence-corrected chi connectivity index (χ4v) is 4.49. The molecule has 1 atom stereocenters. The number of amides is 1. The Morgan fingerprint density at radius 1 is 1.00 bits per heavy atom. The summed E-state index contributed by atoms with van der Waals surface area (Å²) in [5.74, 6) is 0.225. The van der Waals surface area contributed by atoms with Crippen LogP contribution in [0.5, 0.6) is 0 Å². The van der Waals surface area contributed by atoms with Gasteiger partial charge < -0.3 is 15.1 Å². The fourth-order valence-electron chi connectivity index (χ4n) is 4.49. The molecule has 1 N–H and O–H groups in total. The summed E-state index contributed by atoms with van der Waals surface area (Å²) in [5.41, 5.74) is 2.78. The van der Waals surface area contributed by atoms with E-state index in [0.717, 1.165) is 56.0 Å². The van der Waals surface area contributed by atoms with Gasteiger partial charge in [-0.1, -0.05) is 48.5 Å². The van der Waals surface area contributed by atoms with Gasteiger partial charge in [0.15, 0.2) is 0 Å². The Kier molecular flexibility index (Phi) is 4.79. The molecule has 2 heterocycles. The van der Waals surface area contributed by atoms with Crippen LogP contribution in [0.4, 0.5) is 5.69 Å². The molecule has 4 nitrogen and oxygen atoms in total. The zero-order valence-electron chi connectivity index (χ0n) is 15.4. The molecule has 2 aliphatic rings. The molecule has 2 aromatic rings. The number of anilines is 1. The van der Waals surface area contributed by atoms with E-state index in [1.54, 1.807) is 0 Å². The monoisotopic (exact) mass is 349 g/mol. The normalized spacial score (nSPS) is 23.3. The van der Waals surface area contributed by atoms with Crippen molar-refractivity contribution in [1.29, 1.82) is 0 Å². The molecule has 0 bridgehead atoms. The van der Waals surface area contributed by atoms with E-state index in [0.29, 0.717) is 6.54 Å². The largest absolute Gasteiger partial charge is 0.314 e. The van der Waals surface area contributed by atoms with Gasteiger partial charge in [0.25, 0.3) is 0 Å². The highest BCUT2D eigenvalue weighted by Crippen LogP contribution is 2.48. The number of piperazine rings is 1. The average molecular weight is 349 g/mol. The summed E-state index contributed by atoms with van der Waals surface area (Å²) in [6.07, 6.45) is 0.823. The van der Waals surface area contributed by atoms with Crippen molar-refractivity contribution >= 4 is 11.6 Å². The maximum absolute atomic E-state index is 13.7. The molecule has 1 amide bonds. The van der Waals surface area contributed by atoms with Gasteiger partial charge in [-0.05, 0) is 37.1 Å². The summed E-state index contributed by atoms with van der Waals surface area (Å²) in [4.78, 5) is 18.1. The van der Waals surface area contributed by atoms with Crippen molar-refractivity contribution in [3.8, 4) is 0 Å². The minimum atomic E-state index is -0.571. The van der Waals surface area contributed by atoms with Crippen LogP contribution in [0, 0.1) is 0 Å². The van der Waals surface area contributed by atoms with Gasteiger partial charge in [0.1, 0.15) is 5.41 Å². The summed E-state index contributed by atoms with van der Waals surface area (Å²) in [5, 5.41) is 3.41. The SMILES string of the molecule is CCN1C(=O)C(CCN2CCNCC2)(c2ccccc2)c2ccccc21. The summed E-state index contributed by atoms with van der Waals surface area (Å²) in [6.45, 7) is 7.88. The standard InChI is InChI=1S/C22H27N3O/c1-2-25-20-11-7-6-10-19(20)22(21(25)26,18-8-4-3-5-9-18)12-15-24-16-13-23-14-17-24/h3-11,23H,2,12-17H2,1H3. The highest BCUT2D eigenvalue weighted by Gasteiger charge is 2.51. The molecular formula is C22H27N3O. The quantitative estimate of drug-likeness (QED) is 0.901. The molecule has 0 aromatic heterocycles. The van der Waals surface area contributed by atoms with E-state index < -0.39 is 5.41 Å². The maximum Gasteiger partial charge on any atom is 0.242 e. The van der Waals surface area contributed by atoms with Crippen LogP contribution in [0.25, 0.3) is 0 Å². The van der Waals surface area contributed by atoms with E-state index in [2.05, 4.69) is 47.5 Å². The van der Waals surface area contributed by atoms with E-state index in [4.69, 9.17) is 0 Å². The van der Waals surface area contributed by atoms with E-state index in [1.807, 2.05) is 29.2 Å². The van der Waals surface area contributed by atoms with Gasteiger partial charge >= 0.3 is 0 Å². The summed E-state index contributed by atoms with van der Waals surface area (Å²) >= 11 is 0. The topological polar surface area (TPSA) is 35.6 Å². The van der Waals surface area contributed by atoms with Crippen molar-refractivity contribution in [1.82, 2.24) is 10.2 Å². The second-order valence-electron chi connectivity index (χ2n) is 7.18. The Hall–Kier alpha value is -2.17. The second-order valence-corrected chi connectivity index (χ2v) is 7.18. The highest BCUT2D eigenvalue weighted by atomic mass is 16.2. The second kappa shape index (κ2) is 7.22. The smallest absolute Gasteiger partial charge is 0.242 e. The van der Waals surface area contributed by atoms with Gasteiger partial charge in [-0.2, -0.15) is 0 Å². The number of nitrogens with one attached hydrogen (secondary N) is 1. The van der Waals surface area contributed by atoms with Crippen LogP contribution < -0.4 is 10.2 Å². The Balaban J connectivity index is 1.77. The first-order valence-electron chi connectivity index (χ1n) is 9.67. The minimum Gasteiger partial charge on any atom is -0.314 e. The van der Waals surface area contributed by atoms with E-state index >= 15 is 0 Å². The Bertz CT molecular complexity index is 770. The maximum atomic E-state index is 13.7. The van der Waals surface area contributed by atoms with Crippen LogP contribution in [0.1, 0.15) is 24.5 Å². The lowest BCUT2D eigenvalue weighted by Crippen LogP contribution is -2.47. The molecule has 4 heteroatoms. The number of para-hydroxylation sites is 1. The van der Waals surface area contributed by atoms with Gasteiger partial charge in [0.2, 0.25) is 5.91 Å². The van der Waals surface area contributed by atoms with Crippen LogP contribution in [0.3, 0.4) is 0 Å². The number of carbonyl (C=O) groups is 1. The van der Waals surface area contributed by atoms with E-state index in [9.17, 15) is 4.79 Å². The molecule has 1 unspecified atom stereocenters.